The van der Waals surface area contributed by atoms with Crippen molar-refractivity contribution in [2.75, 3.05) is 13.1 Å². The molecule has 0 N–H and O–H groups in total. The van der Waals surface area contributed by atoms with Crippen molar-refractivity contribution in [1.29, 1.82) is 5.26 Å². The number of benzene rings is 2. The molecular weight excluding hydrogens is 428 g/mol. The van der Waals surface area contributed by atoms with E-state index >= 15 is 0 Å². The van der Waals surface area contributed by atoms with Gasteiger partial charge in [0.2, 0.25) is 5.91 Å². The van der Waals surface area contributed by atoms with Crippen LogP contribution in [0, 0.1) is 23.2 Å². The van der Waals surface area contributed by atoms with Crippen LogP contribution in [0.15, 0.2) is 46.9 Å². The highest BCUT2D eigenvalue weighted by Crippen LogP contribution is 2.34. The van der Waals surface area contributed by atoms with E-state index in [-0.39, 0.29) is 5.92 Å². The fourth-order valence-corrected chi connectivity index (χ4v) is 4.49. The SMILES string of the molecule is N#Cc1ccc2nc(-c3ccc(Br)cc3)n(C[C@H]3CCN(C(=O)C4CC4)C3)c2c1. The summed E-state index contributed by atoms with van der Waals surface area (Å²) in [4.78, 5) is 19.4. The molecule has 5 nitrogen and oxygen atoms in total. The Morgan fingerprint density at radius 2 is 1.97 bits per heavy atom. The minimum Gasteiger partial charge on any atom is -0.342 e. The number of fused-ring (bicyclic) bond motifs is 1. The number of rotatable bonds is 4. The number of nitrogens with zero attached hydrogens (tertiary/aromatic N) is 4. The normalized spacial score (nSPS) is 18.9. The van der Waals surface area contributed by atoms with Crippen molar-refractivity contribution in [1.82, 2.24) is 14.5 Å². The van der Waals surface area contributed by atoms with Crippen molar-refractivity contribution in [3.05, 3.63) is 52.5 Å². The van der Waals surface area contributed by atoms with E-state index in [1.807, 2.05) is 35.2 Å². The summed E-state index contributed by atoms with van der Waals surface area (Å²) in [7, 11) is 0. The van der Waals surface area contributed by atoms with E-state index in [0.29, 0.717) is 17.4 Å². The fourth-order valence-electron chi connectivity index (χ4n) is 4.22. The number of likely N-dealkylation sites (tertiary alicyclic amines) is 1. The summed E-state index contributed by atoms with van der Waals surface area (Å²) in [6, 6.07) is 16.1. The number of aromatic nitrogens is 2. The summed E-state index contributed by atoms with van der Waals surface area (Å²) in [6.45, 7) is 2.46. The van der Waals surface area contributed by atoms with E-state index in [9.17, 15) is 10.1 Å². The molecule has 1 atom stereocenters. The lowest BCUT2D eigenvalue weighted by atomic mass is 10.1. The monoisotopic (exact) mass is 448 g/mol. The predicted molar refractivity (Wildman–Crippen MR) is 115 cm³/mol. The number of carbonyl (C=O) groups is 1. The molecule has 3 aromatic rings. The third-order valence-electron chi connectivity index (χ3n) is 5.94. The molecule has 0 spiro atoms. The van der Waals surface area contributed by atoms with Crippen molar-refractivity contribution in [3.8, 4) is 17.5 Å². The third kappa shape index (κ3) is 3.56. The first-order valence-corrected chi connectivity index (χ1v) is 10.9. The Hall–Kier alpha value is -2.65. The van der Waals surface area contributed by atoms with Crippen molar-refractivity contribution < 1.29 is 4.79 Å². The molecule has 0 bridgehead atoms. The van der Waals surface area contributed by atoms with Gasteiger partial charge in [0, 0.05) is 35.6 Å². The second kappa shape index (κ2) is 7.31. The maximum atomic E-state index is 12.4. The minimum atomic E-state index is 0.277. The summed E-state index contributed by atoms with van der Waals surface area (Å²) >= 11 is 3.50. The molecule has 29 heavy (non-hydrogen) atoms. The molecule has 0 unspecified atom stereocenters. The molecule has 6 heteroatoms. The number of hydrogen-bond donors (Lipinski definition) is 0. The highest BCUT2D eigenvalue weighted by Gasteiger charge is 2.36. The summed E-state index contributed by atoms with van der Waals surface area (Å²) < 4.78 is 3.26. The van der Waals surface area contributed by atoms with Crippen molar-refractivity contribution in [2.45, 2.75) is 25.8 Å². The van der Waals surface area contributed by atoms with Crippen LogP contribution in [0.25, 0.3) is 22.4 Å². The van der Waals surface area contributed by atoms with E-state index in [4.69, 9.17) is 4.98 Å². The Morgan fingerprint density at radius 1 is 1.17 bits per heavy atom. The van der Waals surface area contributed by atoms with Crippen LogP contribution in [0.3, 0.4) is 0 Å². The molecule has 2 aliphatic rings. The van der Waals surface area contributed by atoms with Crippen molar-refractivity contribution in [2.24, 2.45) is 11.8 Å². The van der Waals surface area contributed by atoms with Gasteiger partial charge in [0.05, 0.1) is 22.7 Å². The highest BCUT2D eigenvalue weighted by atomic mass is 79.9. The largest absolute Gasteiger partial charge is 0.342 e. The predicted octanol–water partition coefficient (Wildman–Crippen LogP) is 4.60. The Kier molecular flexibility index (Phi) is 4.63. The van der Waals surface area contributed by atoms with Crippen molar-refractivity contribution >= 4 is 32.9 Å². The Morgan fingerprint density at radius 3 is 2.69 bits per heavy atom. The third-order valence-corrected chi connectivity index (χ3v) is 6.47. The van der Waals surface area contributed by atoms with Gasteiger partial charge in [-0.1, -0.05) is 28.1 Å². The maximum absolute atomic E-state index is 12.4. The quantitative estimate of drug-likeness (QED) is 0.585. The van der Waals surface area contributed by atoms with Gasteiger partial charge in [-0.05, 0) is 55.5 Å². The number of halogens is 1. The first-order valence-electron chi connectivity index (χ1n) is 10.1. The first kappa shape index (κ1) is 18.4. The second-order valence-electron chi connectivity index (χ2n) is 8.08. The Balaban J connectivity index is 1.50. The molecule has 2 fully saturated rings. The smallest absolute Gasteiger partial charge is 0.225 e. The van der Waals surface area contributed by atoms with Crippen LogP contribution in [-0.4, -0.2) is 33.4 Å². The van der Waals surface area contributed by atoms with Gasteiger partial charge in [0.25, 0.3) is 0 Å². The molecule has 1 aromatic heterocycles. The molecule has 1 amide bonds. The van der Waals surface area contributed by atoms with E-state index in [2.05, 4.69) is 38.7 Å². The number of amides is 1. The van der Waals surface area contributed by atoms with Crippen molar-refractivity contribution in [3.63, 3.8) is 0 Å². The van der Waals surface area contributed by atoms with Gasteiger partial charge in [-0.15, -0.1) is 0 Å². The zero-order valence-electron chi connectivity index (χ0n) is 16.0. The molecule has 146 valence electrons. The van der Waals surface area contributed by atoms with Crippen LogP contribution in [0.1, 0.15) is 24.8 Å². The topological polar surface area (TPSA) is 61.9 Å². The number of imidazole rings is 1. The van der Waals surface area contributed by atoms with E-state index in [1.165, 1.54) is 0 Å². The molecular formula is C23H21BrN4O. The maximum Gasteiger partial charge on any atom is 0.225 e. The molecule has 1 aliphatic carbocycles. The van der Waals surface area contributed by atoms with Gasteiger partial charge in [-0.25, -0.2) is 4.98 Å². The van der Waals surface area contributed by atoms with Gasteiger partial charge in [0.1, 0.15) is 5.82 Å². The molecule has 0 radical (unpaired) electrons. The lowest BCUT2D eigenvalue weighted by Gasteiger charge is -2.18. The van der Waals surface area contributed by atoms with Gasteiger partial charge in [0.15, 0.2) is 0 Å². The lowest BCUT2D eigenvalue weighted by molar-refractivity contribution is -0.131. The number of carbonyl (C=O) groups excluding carboxylic acids is 1. The van der Waals surface area contributed by atoms with E-state index in [0.717, 1.165) is 65.8 Å². The molecule has 1 saturated heterocycles. The van der Waals surface area contributed by atoms with Crippen LogP contribution >= 0.6 is 15.9 Å². The van der Waals surface area contributed by atoms with E-state index in [1.54, 1.807) is 0 Å². The van der Waals surface area contributed by atoms with Gasteiger partial charge in [-0.3, -0.25) is 4.79 Å². The van der Waals surface area contributed by atoms with Gasteiger partial charge in [-0.2, -0.15) is 5.26 Å². The minimum absolute atomic E-state index is 0.277. The first-order chi connectivity index (χ1) is 14.1. The standard InChI is InChI=1S/C23H21BrN4O/c24-19-6-4-17(5-7-19)22-26-20-8-1-15(12-25)11-21(20)28(22)14-16-9-10-27(13-16)23(29)18-2-3-18/h1,4-8,11,16,18H,2-3,9-10,13-14H2/t16-/m0/s1. The average molecular weight is 449 g/mol. The zero-order chi connectivity index (χ0) is 20.0. The number of hydrogen-bond acceptors (Lipinski definition) is 3. The molecule has 1 aliphatic heterocycles. The molecule has 5 rings (SSSR count). The Labute approximate surface area is 178 Å². The summed E-state index contributed by atoms with van der Waals surface area (Å²) in [5.74, 6) is 1.92. The second-order valence-corrected chi connectivity index (χ2v) is 9.00. The van der Waals surface area contributed by atoms with Crippen LogP contribution in [-0.2, 0) is 11.3 Å². The molecule has 1 saturated carbocycles. The van der Waals surface area contributed by atoms with E-state index < -0.39 is 0 Å². The summed E-state index contributed by atoms with van der Waals surface area (Å²) in [5.41, 5.74) is 3.56. The van der Waals surface area contributed by atoms with Crippen LogP contribution in [0.5, 0.6) is 0 Å². The highest BCUT2D eigenvalue weighted by molar-refractivity contribution is 9.10. The molecule has 2 aromatic carbocycles. The summed E-state index contributed by atoms with van der Waals surface area (Å²) in [5, 5.41) is 9.35. The zero-order valence-corrected chi connectivity index (χ0v) is 17.6. The van der Waals surface area contributed by atoms with Crippen LogP contribution < -0.4 is 0 Å². The Bertz CT molecular complexity index is 1120. The average Bonchev–Trinajstić information content (AvgIpc) is 3.39. The fraction of sp³-hybridized carbons (Fsp3) is 0.348. The molecule has 2 heterocycles. The van der Waals surface area contributed by atoms with Gasteiger partial charge < -0.3 is 9.47 Å². The van der Waals surface area contributed by atoms with Crippen LogP contribution in [0.4, 0.5) is 0 Å². The van der Waals surface area contributed by atoms with Crippen LogP contribution in [0.2, 0.25) is 0 Å². The van der Waals surface area contributed by atoms with Gasteiger partial charge >= 0.3 is 0 Å². The number of nitriles is 1. The summed E-state index contributed by atoms with van der Waals surface area (Å²) in [6.07, 6.45) is 3.11. The lowest BCUT2D eigenvalue weighted by Crippen LogP contribution is -2.30.